The zero-order chi connectivity index (χ0) is 26.4. The van der Waals surface area contributed by atoms with E-state index in [0.29, 0.717) is 31.2 Å². The van der Waals surface area contributed by atoms with Crippen molar-refractivity contribution in [2.45, 2.75) is 50.7 Å². The molecule has 0 saturated carbocycles. The van der Waals surface area contributed by atoms with Gasteiger partial charge in [0, 0.05) is 73.8 Å². The molecule has 9 nitrogen and oxygen atoms in total. The molecule has 0 amide bonds. The van der Waals surface area contributed by atoms with Gasteiger partial charge in [-0.1, -0.05) is 0 Å². The Kier molecular flexibility index (Phi) is 9.12. The monoisotopic (exact) mass is 518 g/mol. The van der Waals surface area contributed by atoms with Crippen molar-refractivity contribution in [3.63, 3.8) is 0 Å². The Morgan fingerprint density at radius 2 is 2.11 bits per heavy atom. The summed E-state index contributed by atoms with van der Waals surface area (Å²) >= 11 is 0. The maximum absolute atomic E-state index is 14.2. The molecule has 1 unspecified atom stereocenters. The van der Waals surface area contributed by atoms with Crippen LogP contribution in [-0.4, -0.2) is 68.9 Å². The lowest BCUT2D eigenvalue weighted by Gasteiger charge is -2.40. The maximum Gasteiger partial charge on any atom is 0.322 e. The molecule has 1 aromatic rings. The van der Waals surface area contributed by atoms with Crippen LogP contribution in [0.1, 0.15) is 48.8 Å². The number of nitrogens with two attached hydrogens (primary N) is 1. The first-order chi connectivity index (χ1) is 17.9. The van der Waals surface area contributed by atoms with Crippen LogP contribution in [0.3, 0.4) is 0 Å². The molecule has 7 N–H and O–H groups in total. The number of carbonyl (C=O) groups is 1. The second-order valence-electron chi connectivity index (χ2n) is 9.59. The summed E-state index contributed by atoms with van der Waals surface area (Å²) in [6, 6.07) is 3.53. The van der Waals surface area contributed by atoms with E-state index < -0.39 is 18.6 Å². The molecule has 0 radical (unpaired) electrons. The van der Waals surface area contributed by atoms with Crippen molar-refractivity contribution in [3.8, 4) is 0 Å². The van der Waals surface area contributed by atoms with Crippen LogP contribution in [0.25, 0.3) is 5.57 Å². The lowest BCUT2D eigenvalue weighted by Crippen LogP contribution is -2.51. The molecule has 4 rings (SSSR count). The summed E-state index contributed by atoms with van der Waals surface area (Å²) in [6.07, 6.45) is 3.25. The van der Waals surface area contributed by atoms with Crippen LogP contribution in [0.2, 0.25) is 0 Å². The van der Waals surface area contributed by atoms with Crippen LogP contribution in [0.15, 0.2) is 29.6 Å². The van der Waals surface area contributed by atoms with Gasteiger partial charge < -0.3 is 41.8 Å². The molecule has 1 atom stereocenters. The number of carboxylic acid groups (broad SMARTS) is 1. The predicted octanol–water partition coefficient (Wildman–Crippen LogP) is 2.34. The van der Waals surface area contributed by atoms with Gasteiger partial charge in [0.05, 0.1) is 0 Å². The smallest absolute Gasteiger partial charge is 0.322 e. The van der Waals surface area contributed by atoms with Crippen LogP contribution in [0.4, 0.5) is 14.5 Å². The second kappa shape index (κ2) is 12.5. The number of aliphatic carboxylic acids is 1. The van der Waals surface area contributed by atoms with Crippen LogP contribution >= 0.6 is 0 Å². The number of alkyl halides is 2. The third-order valence-corrected chi connectivity index (χ3v) is 7.17. The standard InChI is InChI=1S/C26H36F2N6O3/c27-25(28)20-11-23-16(10-19(20)17(12-29)13-32-15-24(35)36)2-1-7-34(23)26(30)21-14-31-6-3-22(21)33-18-4-8-37-9-5-18/h10-13,18,25-26,29,31-33H,1-9,14-15,30H2,(H,35,36)/b17-13+,29-12?. The summed E-state index contributed by atoms with van der Waals surface area (Å²) in [6.45, 7) is 3.24. The number of anilines is 1. The molecule has 0 spiro atoms. The Morgan fingerprint density at radius 3 is 2.81 bits per heavy atom. The Labute approximate surface area is 215 Å². The molecule has 0 bridgehead atoms. The molecule has 3 aliphatic heterocycles. The zero-order valence-corrected chi connectivity index (χ0v) is 20.9. The third kappa shape index (κ3) is 6.46. The molecule has 202 valence electrons. The fourth-order valence-electron chi connectivity index (χ4n) is 5.27. The molecule has 3 aliphatic rings. The van der Waals surface area contributed by atoms with Crippen LogP contribution < -0.4 is 26.6 Å². The SMILES string of the molecule is N=C/C(=C\NCC(=O)O)c1cc2c(cc1C(F)F)N(C(N)C1=C(NC3CCOCC3)CCNC1)CCC2. The minimum atomic E-state index is -2.77. The van der Waals surface area contributed by atoms with Gasteiger partial charge in [-0.3, -0.25) is 4.79 Å². The number of halogens is 2. The number of ether oxygens (including phenoxy) is 1. The van der Waals surface area contributed by atoms with Crippen molar-refractivity contribution in [2.24, 2.45) is 5.73 Å². The molecule has 1 fully saturated rings. The minimum Gasteiger partial charge on any atom is -0.480 e. The zero-order valence-electron chi connectivity index (χ0n) is 20.9. The molecule has 37 heavy (non-hydrogen) atoms. The van der Waals surface area contributed by atoms with Gasteiger partial charge in [-0.15, -0.1) is 0 Å². The van der Waals surface area contributed by atoms with Crippen molar-refractivity contribution >= 4 is 23.4 Å². The lowest BCUT2D eigenvalue weighted by molar-refractivity contribution is -0.135. The van der Waals surface area contributed by atoms with E-state index in [1.807, 2.05) is 4.90 Å². The van der Waals surface area contributed by atoms with E-state index in [4.69, 9.17) is 21.0 Å². The van der Waals surface area contributed by atoms with Crippen molar-refractivity contribution in [1.82, 2.24) is 16.0 Å². The maximum atomic E-state index is 14.2. The fourth-order valence-corrected chi connectivity index (χ4v) is 5.27. The topological polar surface area (TPSA) is 136 Å². The number of aryl methyl sites for hydroxylation is 1. The number of rotatable bonds is 10. The van der Waals surface area contributed by atoms with Crippen molar-refractivity contribution in [1.29, 1.82) is 5.41 Å². The van der Waals surface area contributed by atoms with E-state index in [2.05, 4.69) is 16.0 Å². The van der Waals surface area contributed by atoms with E-state index in [1.54, 1.807) is 6.07 Å². The molecule has 1 aromatic carbocycles. The highest BCUT2D eigenvalue weighted by atomic mass is 19.3. The fraction of sp³-hybridized carbons (Fsp3) is 0.538. The van der Waals surface area contributed by atoms with Crippen LogP contribution in [0.5, 0.6) is 0 Å². The number of nitrogens with zero attached hydrogens (tertiary/aromatic N) is 1. The predicted molar refractivity (Wildman–Crippen MR) is 139 cm³/mol. The highest BCUT2D eigenvalue weighted by molar-refractivity contribution is 6.09. The molecule has 3 heterocycles. The Hall–Kier alpha value is -3.02. The number of hydrogen-bond donors (Lipinski definition) is 6. The van der Waals surface area contributed by atoms with Crippen molar-refractivity contribution in [3.05, 3.63) is 46.3 Å². The lowest BCUT2D eigenvalue weighted by atomic mass is 9.91. The molecule has 0 aliphatic carbocycles. The van der Waals surface area contributed by atoms with E-state index in [1.165, 1.54) is 12.3 Å². The third-order valence-electron chi connectivity index (χ3n) is 7.17. The molecule has 0 aromatic heterocycles. The summed E-state index contributed by atoms with van der Waals surface area (Å²) in [5, 5.41) is 26.3. The van der Waals surface area contributed by atoms with Gasteiger partial charge in [-0.25, -0.2) is 8.78 Å². The van der Waals surface area contributed by atoms with Crippen LogP contribution in [0, 0.1) is 5.41 Å². The number of hydrogen-bond acceptors (Lipinski definition) is 8. The number of benzene rings is 1. The van der Waals surface area contributed by atoms with Crippen molar-refractivity contribution < 1.29 is 23.4 Å². The number of allylic oxidation sites excluding steroid dienone is 1. The van der Waals surface area contributed by atoms with Gasteiger partial charge in [-0.05, 0) is 60.9 Å². The number of fused-ring (bicyclic) bond motifs is 1. The Bertz CT molecular complexity index is 1050. The average Bonchev–Trinajstić information content (AvgIpc) is 2.90. The average molecular weight is 519 g/mol. The van der Waals surface area contributed by atoms with Crippen LogP contribution in [-0.2, 0) is 16.0 Å². The summed E-state index contributed by atoms with van der Waals surface area (Å²) in [5.74, 6) is -1.08. The first-order valence-electron chi connectivity index (χ1n) is 12.8. The largest absolute Gasteiger partial charge is 0.480 e. The van der Waals surface area contributed by atoms with Gasteiger partial charge >= 0.3 is 5.97 Å². The molecular formula is C26H36F2N6O3. The Balaban J connectivity index is 1.66. The normalized spacial score (nSPS) is 20.0. The van der Waals surface area contributed by atoms with E-state index in [-0.39, 0.29) is 23.2 Å². The molecule has 11 heteroatoms. The second-order valence-corrected chi connectivity index (χ2v) is 9.59. The van der Waals surface area contributed by atoms with Gasteiger partial charge in [0.15, 0.2) is 0 Å². The molecule has 1 saturated heterocycles. The van der Waals surface area contributed by atoms with E-state index in [0.717, 1.165) is 68.5 Å². The molecular weight excluding hydrogens is 482 g/mol. The first kappa shape index (κ1) is 27.0. The summed E-state index contributed by atoms with van der Waals surface area (Å²) in [5.41, 5.74) is 10.8. The number of carboxylic acids is 1. The van der Waals surface area contributed by atoms with Gasteiger partial charge in [0.25, 0.3) is 6.43 Å². The van der Waals surface area contributed by atoms with Gasteiger partial charge in [-0.2, -0.15) is 0 Å². The minimum absolute atomic E-state index is 0.197. The summed E-state index contributed by atoms with van der Waals surface area (Å²) in [7, 11) is 0. The van der Waals surface area contributed by atoms with Gasteiger partial charge in [0.1, 0.15) is 12.7 Å². The Morgan fingerprint density at radius 1 is 1.32 bits per heavy atom. The van der Waals surface area contributed by atoms with E-state index >= 15 is 0 Å². The van der Waals surface area contributed by atoms with Gasteiger partial charge in [0.2, 0.25) is 0 Å². The first-order valence-corrected chi connectivity index (χ1v) is 12.8. The van der Waals surface area contributed by atoms with E-state index in [9.17, 15) is 13.6 Å². The summed E-state index contributed by atoms with van der Waals surface area (Å²) < 4.78 is 34.0. The quantitative estimate of drug-likeness (QED) is 0.260. The van der Waals surface area contributed by atoms with Crippen molar-refractivity contribution in [2.75, 3.05) is 44.3 Å². The summed E-state index contributed by atoms with van der Waals surface area (Å²) in [4.78, 5) is 12.8. The highest BCUT2D eigenvalue weighted by Gasteiger charge is 2.30. The number of nitrogens with one attached hydrogen (secondary N) is 4. The highest BCUT2D eigenvalue weighted by Crippen LogP contribution is 2.38.